The van der Waals surface area contributed by atoms with Gasteiger partial charge in [0.15, 0.2) is 0 Å². The third kappa shape index (κ3) is 2.33. The fraction of sp³-hybridized carbons (Fsp3) is 0.438. The van der Waals surface area contributed by atoms with E-state index in [4.69, 9.17) is 17.3 Å². The van der Waals surface area contributed by atoms with Crippen LogP contribution < -0.4 is 10.6 Å². The molecule has 0 spiro atoms. The molecular weight excluding hydrogens is 314 g/mol. The van der Waals surface area contributed by atoms with Crippen molar-refractivity contribution in [2.24, 2.45) is 0 Å². The Hall–Kier alpha value is -1.92. The molecule has 2 unspecified atom stereocenters. The number of fused-ring (bicyclic) bond motifs is 2. The van der Waals surface area contributed by atoms with Crippen LogP contribution in [-0.2, 0) is 6.42 Å². The van der Waals surface area contributed by atoms with E-state index in [1.807, 2.05) is 12.3 Å². The molecule has 2 aromatic heterocycles. The van der Waals surface area contributed by atoms with Gasteiger partial charge < -0.3 is 15.7 Å². The van der Waals surface area contributed by atoms with Gasteiger partial charge in [-0.15, -0.1) is 0 Å². The van der Waals surface area contributed by atoms with Crippen LogP contribution in [-0.4, -0.2) is 33.2 Å². The lowest BCUT2D eigenvalue weighted by atomic mass is 9.90. The quantitative estimate of drug-likeness (QED) is 0.819. The Morgan fingerprint density at radius 2 is 2.26 bits per heavy atom. The van der Waals surface area contributed by atoms with E-state index in [0.717, 1.165) is 36.3 Å². The van der Waals surface area contributed by atoms with Crippen molar-refractivity contribution in [3.8, 4) is 0 Å². The van der Waals surface area contributed by atoms with Gasteiger partial charge in [0.1, 0.15) is 11.0 Å². The van der Waals surface area contributed by atoms with E-state index in [0.29, 0.717) is 11.7 Å². The Morgan fingerprint density at radius 1 is 1.39 bits per heavy atom. The van der Waals surface area contributed by atoms with Crippen molar-refractivity contribution >= 4 is 23.4 Å². The van der Waals surface area contributed by atoms with Gasteiger partial charge >= 0.3 is 0 Å². The van der Waals surface area contributed by atoms with Gasteiger partial charge in [-0.1, -0.05) is 17.7 Å². The van der Waals surface area contributed by atoms with Crippen LogP contribution in [0.15, 0.2) is 18.3 Å². The first kappa shape index (κ1) is 14.7. The van der Waals surface area contributed by atoms with Gasteiger partial charge in [0.05, 0.1) is 12.6 Å². The van der Waals surface area contributed by atoms with Crippen LogP contribution in [0.4, 0.5) is 11.8 Å². The molecule has 0 saturated heterocycles. The molecule has 1 aliphatic heterocycles. The lowest BCUT2D eigenvalue weighted by Crippen LogP contribution is -2.31. The highest BCUT2D eigenvalue weighted by atomic mass is 35.5. The van der Waals surface area contributed by atoms with E-state index < -0.39 is 0 Å². The number of hydrogen-bond acceptors (Lipinski definition) is 6. The molecule has 6 nitrogen and oxygen atoms in total. The molecule has 0 fully saturated rings. The maximum absolute atomic E-state index is 9.73. The van der Waals surface area contributed by atoms with E-state index in [1.165, 1.54) is 5.56 Å². The van der Waals surface area contributed by atoms with Crippen LogP contribution in [0.1, 0.15) is 41.6 Å². The Kier molecular flexibility index (Phi) is 3.58. The Bertz CT molecular complexity index is 753. The number of aryl methyl sites for hydroxylation is 1. The second-order valence-electron chi connectivity index (χ2n) is 6.09. The monoisotopic (exact) mass is 331 g/mol. The highest BCUT2D eigenvalue weighted by Crippen LogP contribution is 2.45. The molecule has 2 aromatic rings. The van der Waals surface area contributed by atoms with Gasteiger partial charge in [-0.2, -0.15) is 4.98 Å². The number of rotatable bonds is 2. The van der Waals surface area contributed by atoms with Gasteiger partial charge in [0.2, 0.25) is 5.95 Å². The summed E-state index contributed by atoms with van der Waals surface area (Å²) in [5, 5.41) is 10.1. The van der Waals surface area contributed by atoms with Crippen LogP contribution in [0.25, 0.3) is 0 Å². The molecule has 120 valence electrons. The van der Waals surface area contributed by atoms with Crippen molar-refractivity contribution in [1.29, 1.82) is 0 Å². The van der Waals surface area contributed by atoms with Gasteiger partial charge in [0.25, 0.3) is 0 Å². The van der Waals surface area contributed by atoms with Gasteiger partial charge in [-0.25, -0.2) is 4.98 Å². The van der Waals surface area contributed by atoms with Crippen molar-refractivity contribution in [2.75, 3.05) is 23.8 Å². The van der Waals surface area contributed by atoms with Crippen molar-refractivity contribution in [3.05, 3.63) is 40.3 Å². The summed E-state index contributed by atoms with van der Waals surface area (Å²) in [6, 6.07) is 4.29. The standard InChI is InChI=1S/C16H18ClN5O/c17-14-13-9(8-23)7-22(15(13)21-16(18)20-14)12-5-1-4-11-10(12)3-2-6-19-11/h2-3,6,9,12,23H,1,4-5,7-8H2,(H2,18,20,21). The maximum Gasteiger partial charge on any atom is 0.223 e. The lowest BCUT2D eigenvalue weighted by Gasteiger charge is -2.34. The Labute approximate surface area is 139 Å². The minimum atomic E-state index is -0.0832. The summed E-state index contributed by atoms with van der Waals surface area (Å²) in [6.07, 6.45) is 4.95. The molecule has 0 radical (unpaired) electrons. The van der Waals surface area contributed by atoms with Crippen LogP contribution >= 0.6 is 11.6 Å². The second-order valence-corrected chi connectivity index (χ2v) is 6.45. The highest BCUT2D eigenvalue weighted by Gasteiger charge is 2.38. The maximum atomic E-state index is 9.73. The summed E-state index contributed by atoms with van der Waals surface area (Å²) >= 11 is 6.27. The summed E-state index contributed by atoms with van der Waals surface area (Å²) in [6.45, 7) is 0.686. The number of nitrogen functional groups attached to an aromatic ring is 1. The topological polar surface area (TPSA) is 88.2 Å². The zero-order valence-corrected chi connectivity index (χ0v) is 13.4. The summed E-state index contributed by atoms with van der Waals surface area (Å²) in [7, 11) is 0. The fourth-order valence-electron chi connectivity index (χ4n) is 3.76. The molecule has 0 bridgehead atoms. The average Bonchev–Trinajstić information content (AvgIpc) is 2.93. The molecule has 3 heterocycles. The molecular formula is C16H18ClN5O. The van der Waals surface area contributed by atoms with E-state index in [9.17, 15) is 5.11 Å². The van der Waals surface area contributed by atoms with Crippen LogP contribution in [0.3, 0.4) is 0 Å². The molecule has 7 heteroatoms. The van der Waals surface area contributed by atoms with Crippen LogP contribution in [0.2, 0.25) is 5.15 Å². The molecule has 0 amide bonds. The van der Waals surface area contributed by atoms with Crippen molar-refractivity contribution < 1.29 is 5.11 Å². The number of nitrogens with zero attached hydrogens (tertiary/aromatic N) is 4. The fourth-order valence-corrected chi connectivity index (χ4v) is 4.09. The van der Waals surface area contributed by atoms with E-state index in [1.54, 1.807) is 0 Å². The van der Waals surface area contributed by atoms with Crippen molar-refractivity contribution in [3.63, 3.8) is 0 Å². The average molecular weight is 332 g/mol. The number of anilines is 2. The van der Waals surface area contributed by atoms with Crippen LogP contribution in [0.5, 0.6) is 0 Å². The van der Waals surface area contributed by atoms with Crippen LogP contribution in [0, 0.1) is 0 Å². The van der Waals surface area contributed by atoms with Gasteiger partial charge in [-0.05, 0) is 30.9 Å². The minimum absolute atomic E-state index is 0.0170. The summed E-state index contributed by atoms with van der Waals surface area (Å²) in [5.41, 5.74) is 8.98. The van der Waals surface area contributed by atoms with Crippen molar-refractivity contribution in [1.82, 2.24) is 15.0 Å². The Morgan fingerprint density at radius 3 is 3.09 bits per heavy atom. The van der Waals surface area contributed by atoms with E-state index in [2.05, 4.69) is 25.9 Å². The summed E-state index contributed by atoms with van der Waals surface area (Å²) < 4.78 is 0. The molecule has 23 heavy (non-hydrogen) atoms. The number of nitrogens with two attached hydrogens (primary N) is 1. The zero-order valence-electron chi connectivity index (χ0n) is 12.6. The number of pyridine rings is 1. The Balaban J connectivity index is 1.81. The molecule has 3 N–H and O–H groups in total. The first-order chi connectivity index (χ1) is 11.2. The summed E-state index contributed by atoms with van der Waals surface area (Å²) in [5.74, 6) is 0.836. The zero-order chi connectivity index (χ0) is 16.0. The number of aromatic nitrogens is 3. The number of aliphatic hydroxyl groups is 1. The first-order valence-corrected chi connectivity index (χ1v) is 8.21. The lowest BCUT2D eigenvalue weighted by molar-refractivity contribution is 0.269. The number of hydrogen-bond donors (Lipinski definition) is 2. The SMILES string of the molecule is Nc1nc(Cl)c2c(n1)N(C1CCCc3ncccc31)CC2CO. The smallest absolute Gasteiger partial charge is 0.223 e. The second kappa shape index (κ2) is 5.62. The minimum Gasteiger partial charge on any atom is -0.396 e. The molecule has 2 aliphatic rings. The molecule has 4 rings (SSSR count). The predicted octanol–water partition coefficient (Wildman–Crippen LogP) is 2.08. The molecule has 1 aliphatic carbocycles. The molecule has 2 atom stereocenters. The molecule has 0 aromatic carbocycles. The first-order valence-electron chi connectivity index (χ1n) is 7.83. The largest absolute Gasteiger partial charge is 0.396 e. The van der Waals surface area contributed by atoms with E-state index >= 15 is 0 Å². The summed E-state index contributed by atoms with van der Waals surface area (Å²) in [4.78, 5) is 15.2. The number of halogens is 1. The normalized spacial score (nSPS) is 22.8. The number of aliphatic hydroxyl groups excluding tert-OH is 1. The van der Waals surface area contributed by atoms with E-state index in [-0.39, 0.29) is 24.5 Å². The van der Waals surface area contributed by atoms with Crippen molar-refractivity contribution in [2.45, 2.75) is 31.2 Å². The third-order valence-electron chi connectivity index (χ3n) is 4.77. The highest BCUT2D eigenvalue weighted by molar-refractivity contribution is 6.30. The van der Waals surface area contributed by atoms with Gasteiger partial charge in [-0.3, -0.25) is 4.98 Å². The third-order valence-corrected chi connectivity index (χ3v) is 5.05. The molecule has 0 saturated carbocycles. The van der Waals surface area contributed by atoms with Gasteiger partial charge in [0, 0.05) is 29.9 Å². The predicted molar refractivity (Wildman–Crippen MR) is 88.5 cm³/mol.